The highest BCUT2D eigenvalue weighted by atomic mass is 35.5. The van der Waals surface area contributed by atoms with Gasteiger partial charge in [-0.05, 0) is 12.1 Å². The number of nitrogens with two attached hydrogens (primary N) is 2. The van der Waals surface area contributed by atoms with Crippen LogP contribution in [0, 0.1) is 0 Å². The molecule has 3 aliphatic rings. The number of phenols is 2. The number of β-lactam (4-membered cyclic amide) rings is 1. The summed E-state index contributed by atoms with van der Waals surface area (Å²) in [5, 5.41) is 48.3. The number of likely N-dealkylation sites (tertiary alicyclic amines) is 1. The average Bonchev–Trinajstić information content (AvgIpc) is 3.74. The number of rotatable bonds is 15. The molecule has 3 atom stereocenters. The number of aromatic nitrogens is 1. The molecule has 2 aromatic rings. The standard InChI is InChI=1S/C30H33ClN8O11S2/c31-19-14(3-4-16(40)23(19)42)24(43)34-5-8-39(6-1-2-7-39)10-13-11-51-27-21(26(45)38(27)22(13)29(48)49)36-25(44)20(15-12-52-30(33)35-15)37-50-17(28(46)47)9-18(32)41/h3-4,12,17,21,27H,1-2,5-11H2,(H9-,32,33,34,35,36,37,40,41,42,43,44,46,47,48,49)/p+1/t17-,21+,27+/m0/s1. The minimum absolute atomic E-state index is 0.0253. The average molecular weight is 782 g/mol. The summed E-state index contributed by atoms with van der Waals surface area (Å²) < 4.78 is 0.443. The molecule has 0 aliphatic carbocycles. The lowest BCUT2D eigenvalue weighted by Gasteiger charge is -2.50. The van der Waals surface area contributed by atoms with Crippen molar-refractivity contribution in [3.05, 3.63) is 45.1 Å². The van der Waals surface area contributed by atoms with E-state index in [1.807, 2.05) is 0 Å². The number of carboxylic acids is 2. The topological polar surface area (TPSA) is 297 Å². The van der Waals surface area contributed by atoms with E-state index < -0.39 is 76.7 Å². The van der Waals surface area contributed by atoms with Gasteiger partial charge in [-0.2, -0.15) is 0 Å². The van der Waals surface area contributed by atoms with E-state index in [0.29, 0.717) is 29.7 Å². The Bertz CT molecular complexity index is 1880. The van der Waals surface area contributed by atoms with Crippen LogP contribution >= 0.6 is 34.7 Å². The molecule has 5 rings (SSSR count). The second-order valence-electron chi connectivity index (χ2n) is 12.2. The predicted molar refractivity (Wildman–Crippen MR) is 185 cm³/mol. The number of thioether (sulfide) groups is 1. The number of primary amides is 1. The highest BCUT2D eigenvalue weighted by Gasteiger charge is 2.55. The second-order valence-corrected chi connectivity index (χ2v) is 14.5. The lowest BCUT2D eigenvalue weighted by molar-refractivity contribution is -0.911. The molecule has 19 nitrogen and oxygen atoms in total. The Hall–Kier alpha value is -5.12. The molecule has 278 valence electrons. The van der Waals surface area contributed by atoms with Crippen LogP contribution in [-0.4, -0.2) is 132 Å². The summed E-state index contributed by atoms with van der Waals surface area (Å²) in [6, 6.07) is 1.24. The van der Waals surface area contributed by atoms with Crippen LogP contribution in [0.3, 0.4) is 0 Å². The minimum atomic E-state index is -1.82. The molecular weight excluding hydrogens is 748 g/mol. The van der Waals surface area contributed by atoms with Gasteiger partial charge in [0.1, 0.15) is 29.4 Å². The number of carbonyl (C=O) groups excluding carboxylic acids is 4. The number of hydrogen-bond donors (Lipinski definition) is 8. The van der Waals surface area contributed by atoms with E-state index >= 15 is 0 Å². The van der Waals surface area contributed by atoms with Gasteiger partial charge in [-0.1, -0.05) is 16.8 Å². The summed E-state index contributed by atoms with van der Waals surface area (Å²) in [4.78, 5) is 85.2. The summed E-state index contributed by atoms with van der Waals surface area (Å²) in [7, 11) is 0. The van der Waals surface area contributed by atoms with Crippen molar-refractivity contribution in [1.82, 2.24) is 20.5 Å². The minimum Gasteiger partial charge on any atom is -0.504 e. The van der Waals surface area contributed by atoms with Crippen molar-refractivity contribution in [2.45, 2.75) is 36.8 Å². The van der Waals surface area contributed by atoms with Crippen molar-refractivity contribution in [2.24, 2.45) is 10.9 Å². The maximum atomic E-state index is 13.5. The number of anilines is 1. The molecule has 0 spiro atoms. The number of nitrogens with zero attached hydrogens (tertiary/aromatic N) is 4. The van der Waals surface area contributed by atoms with Crippen molar-refractivity contribution in [1.29, 1.82) is 0 Å². The molecule has 3 aliphatic heterocycles. The van der Waals surface area contributed by atoms with Gasteiger partial charge in [0, 0.05) is 29.5 Å². The number of carbonyl (C=O) groups is 6. The molecule has 0 saturated carbocycles. The number of halogens is 1. The van der Waals surface area contributed by atoms with Crippen LogP contribution in [0.4, 0.5) is 5.13 Å². The predicted octanol–water partition coefficient (Wildman–Crippen LogP) is -0.382. The maximum absolute atomic E-state index is 13.5. The summed E-state index contributed by atoms with van der Waals surface area (Å²) in [6.07, 6.45) is -0.843. The number of nitrogen functional groups attached to an aromatic ring is 1. The summed E-state index contributed by atoms with van der Waals surface area (Å²) in [6.45, 7) is 2.29. The van der Waals surface area contributed by atoms with Crippen molar-refractivity contribution < 1.29 is 58.5 Å². The van der Waals surface area contributed by atoms with E-state index in [4.69, 9.17) is 27.9 Å². The zero-order chi connectivity index (χ0) is 37.9. The number of fused-ring (bicyclic) bond motifs is 1. The first-order valence-corrected chi connectivity index (χ1v) is 17.9. The van der Waals surface area contributed by atoms with Gasteiger partial charge in [-0.15, -0.1) is 23.1 Å². The largest absolute Gasteiger partial charge is 0.504 e. The Morgan fingerprint density at radius 3 is 2.50 bits per heavy atom. The molecule has 22 heteroatoms. The number of carboxylic acid groups (broad SMARTS) is 2. The molecule has 52 heavy (non-hydrogen) atoms. The number of benzene rings is 1. The molecular formula is C30H34ClN8O11S2+. The van der Waals surface area contributed by atoms with E-state index in [-0.39, 0.29) is 46.0 Å². The number of aliphatic carboxylic acids is 2. The lowest BCUT2D eigenvalue weighted by Crippen LogP contribution is -2.71. The molecule has 0 radical (unpaired) electrons. The first-order chi connectivity index (χ1) is 24.6. The van der Waals surface area contributed by atoms with E-state index in [1.54, 1.807) is 0 Å². The third-order valence-corrected chi connectivity index (χ3v) is 11.1. The number of thiazole rings is 1. The van der Waals surface area contributed by atoms with E-state index in [2.05, 4.69) is 20.8 Å². The monoisotopic (exact) mass is 781 g/mol. The molecule has 0 unspecified atom stereocenters. The molecule has 4 amide bonds. The van der Waals surface area contributed by atoms with E-state index in [0.717, 1.165) is 35.1 Å². The van der Waals surface area contributed by atoms with Crippen molar-refractivity contribution in [3.63, 3.8) is 0 Å². The fraction of sp³-hybridized carbons (Fsp3) is 0.400. The molecule has 1 aromatic heterocycles. The van der Waals surface area contributed by atoms with Gasteiger partial charge in [0.05, 0.1) is 43.2 Å². The first-order valence-electron chi connectivity index (χ1n) is 15.6. The molecule has 2 fully saturated rings. The van der Waals surface area contributed by atoms with Crippen LogP contribution < -0.4 is 22.1 Å². The van der Waals surface area contributed by atoms with Gasteiger partial charge in [-0.3, -0.25) is 24.1 Å². The van der Waals surface area contributed by atoms with E-state index in [9.17, 15) is 49.2 Å². The number of oxime groups is 1. The van der Waals surface area contributed by atoms with Crippen LogP contribution in [0.5, 0.6) is 11.5 Å². The molecule has 2 saturated heterocycles. The van der Waals surface area contributed by atoms with Gasteiger partial charge in [0.15, 0.2) is 22.3 Å². The quantitative estimate of drug-likeness (QED) is 0.0376. The summed E-state index contributed by atoms with van der Waals surface area (Å²) >= 11 is 8.22. The zero-order valence-electron chi connectivity index (χ0n) is 27.1. The Kier molecular flexibility index (Phi) is 11.5. The molecule has 1 aromatic carbocycles. The van der Waals surface area contributed by atoms with Crippen LogP contribution in [0.2, 0.25) is 5.02 Å². The highest BCUT2D eigenvalue weighted by molar-refractivity contribution is 8.00. The smallest absolute Gasteiger partial charge is 0.352 e. The third kappa shape index (κ3) is 8.01. The molecule has 10 N–H and O–H groups in total. The Morgan fingerprint density at radius 1 is 1.17 bits per heavy atom. The fourth-order valence-corrected chi connectivity index (χ4v) is 8.32. The summed E-state index contributed by atoms with van der Waals surface area (Å²) in [5.74, 6) is -7.02. The molecule has 0 bridgehead atoms. The van der Waals surface area contributed by atoms with E-state index in [1.165, 1.54) is 23.2 Å². The van der Waals surface area contributed by atoms with Crippen molar-refractivity contribution >= 4 is 81.1 Å². The number of phenolic OH excluding ortho intramolecular Hbond substituents is 2. The van der Waals surface area contributed by atoms with Gasteiger partial charge in [0.2, 0.25) is 12.0 Å². The maximum Gasteiger partial charge on any atom is 0.352 e. The molecule has 4 heterocycles. The Balaban J connectivity index is 1.29. The number of aromatic hydroxyl groups is 2. The number of quaternary nitrogens is 1. The zero-order valence-corrected chi connectivity index (χ0v) is 29.5. The third-order valence-electron chi connectivity index (χ3n) is 8.70. The van der Waals surface area contributed by atoms with Crippen LogP contribution in [-0.2, 0) is 28.8 Å². The van der Waals surface area contributed by atoms with Crippen LogP contribution in [0.1, 0.15) is 35.3 Å². The SMILES string of the molecule is NC(=O)C[C@H](O/N=C(\C(=O)N[C@@H]1C(=O)N2C(C(=O)O)=C(C[N+]3(CCNC(=O)c4ccc(O)c(O)c4Cl)CCCC3)CS[C@H]12)c1csc(N)n1)C(=O)O. The Labute approximate surface area is 307 Å². The fourth-order valence-electron chi connectivity index (χ4n) is 6.19. The van der Waals surface area contributed by atoms with Gasteiger partial charge >= 0.3 is 11.9 Å². The lowest BCUT2D eigenvalue weighted by atomic mass is 10.0. The van der Waals surface area contributed by atoms with Crippen LogP contribution in [0.15, 0.2) is 33.9 Å². The number of nitrogens with one attached hydrogen (secondary N) is 2. The van der Waals surface area contributed by atoms with Gasteiger partial charge < -0.3 is 51.8 Å². The summed E-state index contributed by atoms with van der Waals surface area (Å²) in [5.41, 5.74) is 10.4. The van der Waals surface area contributed by atoms with Gasteiger partial charge in [-0.25, -0.2) is 14.6 Å². The number of hydrogen-bond acceptors (Lipinski definition) is 14. The highest BCUT2D eigenvalue weighted by Crippen LogP contribution is 2.41. The normalized spacial score (nSPS) is 20.1. The van der Waals surface area contributed by atoms with Gasteiger partial charge in [0.25, 0.3) is 17.7 Å². The number of amides is 4. The van der Waals surface area contributed by atoms with Crippen LogP contribution in [0.25, 0.3) is 0 Å². The first kappa shape index (κ1) is 38.1. The van der Waals surface area contributed by atoms with Crippen molar-refractivity contribution in [2.75, 3.05) is 44.2 Å². The second kappa shape index (κ2) is 15.6. The van der Waals surface area contributed by atoms with Crippen molar-refractivity contribution in [3.8, 4) is 11.5 Å². The Morgan fingerprint density at radius 2 is 1.88 bits per heavy atom.